The molecule has 2 heterocycles. The van der Waals surface area contributed by atoms with Gasteiger partial charge in [0.15, 0.2) is 11.7 Å². The Kier molecular flexibility index (Phi) is 9.82. The van der Waals surface area contributed by atoms with Crippen molar-refractivity contribution in [2.24, 2.45) is 34.0 Å². The summed E-state index contributed by atoms with van der Waals surface area (Å²) in [5.41, 5.74) is -6.93. The highest BCUT2D eigenvalue weighted by atomic mass is 16.7. The van der Waals surface area contributed by atoms with E-state index in [0.717, 1.165) is 0 Å². The molecular formula is C45H55NO14. The molecule has 8 rings (SSSR count). The van der Waals surface area contributed by atoms with Crippen LogP contribution in [0, 0.1) is 34.0 Å². The van der Waals surface area contributed by atoms with Crippen LogP contribution in [-0.2, 0) is 47.5 Å². The van der Waals surface area contributed by atoms with Crippen molar-refractivity contribution in [3.8, 4) is 0 Å². The molecule has 2 aliphatic heterocycles. The molecule has 6 fully saturated rings. The number of rotatable bonds is 9. The summed E-state index contributed by atoms with van der Waals surface area (Å²) in [6.07, 6.45) is -9.23. The summed E-state index contributed by atoms with van der Waals surface area (Å²) in [5.74, 6) is -5.20. The Balaban J connectivity index is 1.26. The van der Waals surface area contributed by atoms with Crippen LogP contribution < -0.4 is 5.32 Å². The van der Waals surface area contributed by atoms with Gasteiger partial charge in [0.2, 0.25) is 0 Å². The first kappa shape index (κ1) is 42.1. The van der Waals surface area contributed by atoms with E-state index in [2.05, 4.69) is 5.32 Å². The molecule has 3 N–H and O–H groups in total. The van der Waals surface area contributed by atoms with E-state index in [1.54, 1.807) is 81.4 Å². The molecule has 15 nitrogen and oxygen atoms in total. The summed E-state index contributed by atoms with van der Waals surface area (Å²) in [7, 11) is 0. The maximum atomic E-state index is 14.4. The van der Waals surface area contributed by atoms with Gasteiger partial charge in [-0.25, -0.2) is 14.4 Å². The van der Waals surface area contributed by atoms with Crippen molar-refractivity contribution >= 4 is 30.0 Å². The minimum Gasteiger partial charge on any atom is -0.459 e. The topological polar surface area (TPSA) is 202 Å². The molecule has 1 amide bonds. The number of ether oxygens (including phenoxy) is 7. The Labute approximate surface area is 348 Å². The van der Waals surface area contributed by atoms with Crippen LogP contribution in [0.25, 0.3) is 0 Å². The van der Waals surface area contributed by atoms with E-state index < -0.39 is 130 Å². The maximum Gasteiger partial charge on any atom is 0.408 e. The van der Waals surface area contributed by atoms with E-state index in [4.69, 9.17) is 33.2 Å². The van der Waals surface area contributed by atoms with E-state index in [0.29, 0.717) is 5.56 Å². The first-order chi connectivity index (χ1) is 28.1. The number of amides is 1. The number of fused-ring (bicyclic) bond motifs is 4. The fourth-order valence-electron chi connectivity index (χ4n) is 13.0. The molecule has 6 aliphatic rings. The number of hydrogen-bond acceptors (Lipinski definition) is 14. The van der Waals surface area contributed by atoms with Gasteiger partial charge >= 0.3 is 30.0 Å². The Hall–Kier alpha value is -4.57. The van der Waals surface area contributed by atoms with Crippen molar-refractivity contribution in [1.29, 1.82) is 0 Å². The number of carbonyl (C=O) groups is 5. The van der Waals surface area contributed by atoms with Crippen LogP contribution in [-0.4, -0.2) is 106 Å². The quantitative estimate of drug-likeness (QED) is 0.240. The van der Waals surface area contributed by atoms with E-state index >= 15 is 0 Å². The molecule has 4 aliphatic carbocycles. The molecule has 60 heavy (non-hydrogen) atoms. The first-order valence-electron chi connectivity index (χ1n) is 20.6. The monoisotopic (exact) mass is 833 g/mol. The summed E-state index contributed by atoms with van der Waals surface area (Å²) in [6, 6.07) is 15.5. The number of carbonyl (C=O) groups excluding carboxylic acids is 5. The predicted molar refractivity (Wildman–Crippen MR) is 209 cm³/mol. The fourth-order valence-corrected chi connectivity index (χ4v) is 13.0. The molecule has 0 unspecified atom stereocenters. The second-order valence-electron chi connectivity index (χ2n) is 19.2. The molecule has 15 atom stereocenters. The van der Waals surface area contributed by atoms with Crippen LogP contribution in [0.3, 0.4) is 0 Å². The van der Waals surface area contributed by atoms with Crippen LogP contribution >= 0.6 is 0 Å². The number of benzene rings is 2. The van der Waals surface area contributed by atoms with E-state index in [9.17, 15) is 34.2 Å². The van der Waals surface area contributed by atoms with E-state index in [1.807, 2.05) is 27.7 Å². The average molecular weight is 834 g/mol. The minimum atomic E-state index is -1.94. The van der Waals surface area contributed by atoms with Crippen LogP contribution in [0.2, 0.25) is 0 Å². The third kappa shape index (κ3) is 5.50. The summed E-state index contributed by atoms with van der Waals surface area (Å²) >= 11 is 0. The maximum absolute atomic E-state index is 14.4. The summed E-state index contributed by atoms with van der Waals surface area (Å²) < 4.78 is 44.4. The third-order valence-corrected chi connectivity index (χ3v) is 14.8. The second kappa shape index (κ2) is 14.0. The lowest BCUT2D eigenvalue weighted by molar-refractivity contribution is -0.408. The summed E-state index contributed by atoms with van der Waals surface area (Å²) in [4.78, 5) is 68.2. The largest absolute Gasteiger partial charge is 0.459 e. The third-order valence-electron chi connectivity index (χ3n) is 14.8. The molecule has 2 saturated heterocycles. The number of aliphatic hydroxyl groups excluding tert-OH is 2. The van der Waals surface area contributed by atoms with Crippen molar-refractivity contribution in [2.75, 3.05) is 6.61 Å². The molecule has 0 aromatic heterocycles. The van der Waals surface area contributed by atoms with Crippen LogP contribution in [0.1, 0.15) is 90.7 Å². The lowest BCUT2D eigenvalue weighted by Gasteiger charge is -2.69. The standard InChI is InChI=1S/C45H55NO14/c1-22-29-34(55-23(2)47)45-42(9)27(49)20-28-43(21-54-28,58-24(3)48)33(42)36(57-37(51)26-18-14-11-15-19-26)44(45,41(29,7)8)35(59-45)32(22)56-38(52)31(50)30(25-16-12-10-13-17-25)46-39(53)60-40(4,5)6/h10-19,22,27-36,49-50H,20-21H2,1-9H3,(H,46,53)/t22-,27+,28-,29-,30+,31-,32-,33+,34-,35-,36+,42-,43+,44+,45-/m1/s1. The molecule has 2 aromatic carbocycles. The zero-order valence-electron chi connectivity index (χ0n) is 35.3. The molecule has 324 valence electrons. The van der Waals surface area contributed by atoms with Gasteiger partial charge in [-0.3, -0.25) is 9.59 Å². The van der Waals surface area contributed by atoms with E-state index in [1.165, 1.54) is 13.8 Å². The van der Waals surface area contributed by atoms with Crippen molar-refractivity contribution in [3.63, 3.8) is 0 Å². The van der Waals surface area contributed by atoms with Crippen LogP contribution in [0.5, 0.6) is 0 Å². The van der Waals surface area contributed by atoms with Crippen molar-refractivity contribution < 1.29 is 67.3 Å². The van der Waals surface area contributed by atoms with Gasteiger partial charge in [0, 0.05) is 37.5 Å². The second-order valence-corrected chi connectivity index (χ2v) is 19.2. The smallest absolute Gasteiger partial charge is 0.408 e. The number of esters is 4. The molecule has 4 saturated carbocycles. The van der Waals surface area contributed by atoms with Gasteiger partial charge in [0.1, 0.15) is 41.7 Å². The predicted octanol–water partition coefficient (Wildman–Crippen LogP) is 4.21. The van der Waals surface area contributed by atoms with Crippen molar-refractivity contribution in [2.45, 2.75) is 134 Å². The van der Waals surface area contributed by atoms with Gasteiger partial charge in [-0.1, -0.05) is 76.2 Å². The van der Waals surface area contributed by atoms with Crippen molar-refractivity contribution in [1.82, 2.24) is 5.32 Å². The Morgan fingerprint density at radius 3 is 2.08 bits per heavy atom. The number of hydrogen-bond donors (Lipinski definition) is 3. The number of aliphatic hydroxyl groups is 2. The molecular weight excluding hydrogens is 778 g/mol. The van der Waals surface area contributed by atoms with Crippen molar-refractivity contribution in [3.05, 3.63) is 71.8 Å². The highest BCUT2D eigenvalue weighted by Gasteiger charge is 3.02. The molecule has 2 bridgehead atoms. The highest BCUT2D eigenvalue weighted by molar-refractivity contribution is 5.89. The zero-order valence-corrected chi connectivity index (χ0v) is 35.3. The lowest BCUT2D eigenvalue weighted by Crippen LogP contribution is -2.82. The Bertz CT molecular complexity index is 2070. The minimum absolute atomic E-state index is 0.0368. The zero-order chi connectivity index (χ0) is 43.5. The van der Waals surface area contributed by atoms with Gasteiger partial charge in [0.05, 0.1) is 35.6 Å². The SMILES string of the molecule is CC(=O)O[C@@H]1[C@H]2[C@@H](C)[C@@H](OC(=O)[C@H](O)[C@@H](NC(=O)OC(C)(C)C)c3ccccc3)[C@H]3O[C@@]14[C@@]1(C)[C@H]([C@H](OC(=O)c5ccccc5)[C@]34C2(C)C)[C@]2(OC(C)=O)CO[C@@H]2C[C@@H]1O. The van der Waals surface area contributed by atoms with Crippen LogP contribution in [0.4, 0.5) is 4.79 Å². The highest BCUT2D eigenvalue weighted by Crippen LogP contribution is 2.89. The molecule has 1 spiro atoms. The fraction of sp³-hybridized carbons (Fsp3) is 0.622. The molecule has 15 heteroatoms. The van der Waals surface area contributed by atoms with E-state index in [-0.39, 0.29) is 18.6 Å². The molecule has 2 aromatic rings. The average Bonchev–Trinajstić information content (AvgIpc) is 3.26. The number of nitrogens with one attached hydrogen (secondary N) is 1. The summed E-state index contributed by atoms with van der Waals surface area (Å²) in [6.45, 7) is 15.2. The first-order valence-corrected chi connectivity index (χ1v) is 20.6. The van der Waals surface area contributed by atoms with Gasteiger partial charge in [-0.05, 0) is 43.9 Å². The van der Waals surface area contributed by atoms with Gasteiger partial charge in [-0.15, -0.1) is 0 Å². The van der Waals surface area contributed by atoms with Gasteiger partial charge < -0.3 is 48.7 Å². The van der Waals surface area contributed by atoms with Gasteiger partial charge in [0.25, 0.3) is 0 Å². The normalized spacial score (nSPS) is 39.8. The number of alkyl carbamates (subject to hydrolysis) is 1. The van der Waals surface area contributed by atoms with Gasteiger partial charge in [-0.2, -0.15) is 0 Å². The Morgan fingerprint density at radius 1 is 0.883 bits per heavy atom. The summed E-state index contributed by atoms with van der Waals surface area (Å²) in [5, 5.41) is 26.9. The lowest BCUT2D eigenvalue weighted by atomic mass is 9.46. The Morgan fingerprint density at radius 2 is 1.52 bits per heavy atom. The molecule has 0 radical (unpaired) electrons. The van der Waals surface area contributed by atoms with Crippen LogP contribution in [0.15, 0.2) is 60.7 Å².